The molecule has 0 aliphatic rings. The van der Waals surface area contributed by atoms with E-state index in [9.17, 15) is 0 Å². The van der Waals surface area contributed by atoms with E-state index < -0.39 is 0 Å². The Morgan fingerprint density at radius 1 is 0.654 bits per heavy atom. The highest BCUT2D eigenvalue weighted by atomic mass is 32.1. The number of aromatic amines is 1. The summed E-state index contributed by atoms with van der Waals surface area (Å²) in [7, 11) is 0. The van der Waals surface area contributed by atoms with Crippen molar-refractivity contribution in [2.45, 2.75) is 0 Å². The summed E-state index contributed by atoms with van der Waals surface area (Å²) in [6.45, 7) is 0. The quantitative estimate of drug-likeness (QED) is 0.349. The Labute approximate surface area is 153 Å². The zero-order chi connectivity index (χ0) is 17.1. The maximum Gasteiger partial charge on any atom is 0.138 e. The van der Waals surface area contributed by atoms with Gasteiger partial charge in [0.25, 0.3) is 0 Å². The van der Waals surface area contributed by atoms with Crippen molar-refractivity contribution >= 4 is 53.4 Å². The average molecular weight is 350 g/mol. The third kappa shape index (κ3) is 1.95. The molecule has 122 valence electrons. The van der Waals surface area contributed by atoms with Crippen molar-refractivity contribution in [3.8, 4) is 11.1 Å². The zero-order valence-electron chi connectivity index (χ0n) is 13.9. The fourth-order valence-electron chi connectivity index (χ4n) is 3.81. The number of thiophene rings is 1. The van der Waals surface area contributed by atoms with Gasteiger partial charge in [-0.05, 0) is 53.6 Å². The summed E-state index contributed by atoms with van der Waals surface area (Å²) < 4.78 is 2.69. The molecule has 0 radical (unpaired) electrons. The van der Waals surface area contributed by atoms with Gasteiger partial charge in [-0.15, -0.1) is 11.3 Å². The Bertz CT molecular complexity index is 1330. The van der Waals surface area contributed by atoms with Gasteiger partial charge in [-0.25, -0.2) is 4.98 Å². The number of benzene rings is 3. The van der Waals surface area contributed by atoms with Crippen molar-refractivity contribution in [1.82, 2.24) is 9.97 Å². The molecule has 0 unspecified atom stereocenters. The summed E-state index contributed by atoms with van der Waals surface area (Å²) in [4.78, 5) is 7.83. The monoisotopic (exact) mass is 350 g/mol. The third-order valence-electron chi connectivity index (χ3n) is 5.08. The van der Waals surface area contributed by atoms with E-state index in [0.717, 1.165) is 11.2 Å². The van der Waals surface area contributed by atoms with E-state index in [0.29, 0.717) is 0 Å². The lowest BCUT2D eigenvalue weighted by Crippen LogP contribution is -1.78. The van der Waals surface area contributed by atoms with E-state index in [1.807, 2.05) is 23.6 Å². The molecule has 0 aliphatic heterocycles. The summed E-state index contributed by atoms with van der Waals surface area (Å²) in [6, 6.07) is 26.2. The van der Waals surface area contributed by atoms with Gasteiger partial charge in [0.05, 0.1) is 0 Å². The first-order valence-electron chi connectivity index (χ1n) is 8.65. The van der Waals surface area contributed by atoms with Crippen LogP contribution in [0.15, 0.2) is 79.0 Å². The minimum atomic E-state index is 0.943. The van der Waals surface area contributed by atoms with Gasteiger partial charge in [0, 0.05) is 42.7 Å². The molecule has 26 heavy (non-hydrogen) atoms. The Morgan fingerprint density at radius 3 is 2.38 bits per heavy atom. The number of aromatic nitrogens is 2. The van der Waals surface area contributed by atoms with Gasteiger partial charge in [-0.3, -0.25) is 0 Å². The van der Waals surface area contributed by atoms with Crippen LogP contribution in [0.2, 0.25) is 0 Å². The molecule has 0 fully saturated rings. The van der Waals surface area contributed by atoms with Crippen molar-refractivity contribution < 1.29 is 0 Å². The van der Waals surface area contributed by atoms with Crippen LogP contribution < -0.4 is 0 Å². The standard InChI is InChI=1S/C23H14N2S/c1-2-6-21-16(4-1)19-13-15(8-10-22(19)26-21)14-7-9-20-18(12-14)17-5-3-11-24-23(17)25-20/h1-13H,(H,24,25). The van der Waals surface area contributed by atoms with Gasteiger partial charge in [0.2, 0.25) is 0 Å². The molecule has 3 heteroatoms. The molecule has 3 aromatic carbocycles. The smallest absolute Gasteiger partial charge is 0.138 e. The number of hydrogen-bond donors (Lipinski definition) is 1. The van der Waals surface area contributed by atoms with Crippen LogP contribution >= 0.6 is 11.3 Å². The molecule has 6 aromatic rings. The number of pyridine rings is 1. The molecule has 1 N–H and O–H groups in total. The van der Waals surface area contributed by atoms with Crippen LogP contribution in [0.4, 0.5) is 0 Å². The van der Waals surface area contributed by atoms with Gasteiger partial charge in [0.1, 0.15) is 5.65 Å². The molecule has 2 nitrogen and oxygen atoms in total. The molecule has 0 saturated carbocycles. The van der Waals surface area contributed by atoms with Gasteiger partial charge in [0.15, 0.2) is 0 Å². The molecule has 0 amide bonds. The van der Waals surface area contributed by atoms with Crippen LogP contribution in [0, 0.1) is 0 Å². The van der Waals surface area contributed by atoms with E-state index in [1.54, 1.807) is 0 Å². The molecule has 6 rings (SSSR count). The van der Waals surface area contributed by atoms with Gasteiger partial charge < -0.3 is 4.98 Å². The van der Waals surface area contributed by atoms with Crippen molar-refractivity contribution in [3.05, 3.63) is 79.0 Å². The van der Waals surface area contributed by atoms with E-state index in [1.165, 1.54) is 42.1 Å². The number of rotatable bonds is 1. The Morgan fingerprint density at radius 2 is 1.42 bits per heavy atom. The summed E-state index contributed by atoms with van der Waals surface area (Å²) in [6.07, 6.45) is 1.83. The molecule has 0 atom stereocenters. The molecule has 0 bridgehead atoms. The van der Waals surface area contributed by atoms with Crippen LogP contribution in [0.3, 0.4) is 0 Å². The van der Waals surface area contributed by atoms with Gasteiger partial charge in [-0.1, -0.05) is 30.3 Å². The van der Waals surface area contributed by atoms with Crippen LogP contribution in [-0.2, 0) is 0 Å². The minimum Gasteiger partial charge on any atom is -0.339 e. The van der Waals surface area contributed by atoms with Crippen molar-refractivity contribution in [2.24, 2.45) is 0 Å². The largest absolute Gasteiger partial charge is 0.339 e. The summed E-state index contributed by atoms with van der Waals surface area (Å²) in [5.41, 5.74) is 4.56. The molecule has 0 spiro atoms. The predicted molar refractivity (Wildman–Crippen MR) is 112 cm³/mol. The minimum absolute atomic E-state index is 0.943. The summed E-state index contributed by atoms with van der Waals surface area (Å²) in [5.74, 6) is 0. The third-order valence-corrected chi connectivity index (χ3v) is 6.23. The second-order valence-electron chi connectivity index (χ2n) is 6.59. The SMILES string of the molecule is c1ccc2c(c1)sc1ccc(-c3ccc4[nH]c5ncccc5c4c3)cc12. The normalized spacial score (nSPS) is 11.8. The second-order valence-corrected chi connectivity index (χ2v) is 7.68. The lowest BCUT2D eigenvalue weighted by Gasteiger charge is -2.03. The fourth-order valence-corrected chi connectivity index (χ4v) is 4.90. The fraction of sp³-hybridized carbons (Fsp3) is 0. The maximum absolute atomic E-state index is 4.43. The second kappa shape index (κ2) is 5.16. The number of H-pyrrole nitrogens is 1. The number of nitrogens with one attached hydrogen (secondary N) is 1. The average Bonchev–Trinajstić information content (AvgIpc) is 3.25. The van der Waals surface area contributed by atoms with Crippen molar-refractivity contribution in [2.75, 3.05) is 0 Å². The molecule has 0 aliphatic carbocycles. The summed E-state index contributed by atoms with van der Waals surface area (Å²) in [5, 5.41) is 5.07. The lowest BCUT2D eigenvalue weighted by atomic mass is 10.0. The summed E-state index contributed by atoms with van der Waals surface area (Å²) >= 11 is 1.86. The van der Waals surface area contributed by atoms with Crippen LogP contribution in [-0.4, -0.2) is 9.97 Å². The number of fused-ring (bicyclic) bond motifs is 6. The first kappa shape index (κ1) is 14.0. The van der Waals surface area contributed by atoms with E-state index in [2.05, 4.69) is 76.7 Å². The van der Waals surface area contributed by atoms with Gasteiger partial charge >= 0.3 is 0 Å². The highest BCUT2D eigenvalue weighted by Crippen LogP contribution is 2.37. The van der Waals surface area contributed by atoms with Crippen molar-refractivity contribution in [1.29, 1.82) is 0 Å². The maximum atomic E-state index is 4.43. The highest BCUT2D eigenvalue weighted by Gasteiger charge is 2.09. The van der Waals surface area contributed by atoms with E-state index in [4.69, 9.17) is 0 Å². The lowest BCUT2D eigenvalue weighted by molar-refractivity contribution is 1.35. The number of nitrogens with zero attached hydrogens (tertiary/aromatic N) is 1. The Hall–Kier alpha value is -3.17. The van der Waals surface area contributed by atoms with E-state index in [-0.39, 0.29) is 0 Å². The van der Waals surface area contributed by atoms with Crippen LogP contribution in [0.1, 0.15) is 0 Å². The van der Waals surface area contributed by atoms with Crippen LogP contribution in [0.5, 0.6) is 0 Å². The topological polar surface area (TPSA) is 28.7 Å². The molecular formula is C23H14N2S. The molecular weight excluding hydrogens is 336 g/mol. The first-order valence-corrected chi connectivity index (χ1v) is 9.47. The first-order chi connectivity index (χ1) is 12.9. The molecule has 3 aromatic heterocycles. The number of hydrogen-bond acceptors (Lipinski definition) is 2. The zero-order valence-corrected chi connectivity index (χ0v) is 14.7. The van der Waals surface area contributed by atoms with Gasteiger partial charge in [-0.2, -0.15) is 0 Å². The molecule has 3 heterocycles. The highest BCUT2D eigenvalue weighted by molar-refractivity contribution is 7.25. The predicted octanol–water partition coefficient (Wildman–Crippen LogP) is 6.75. The Kier molecular flexibility index (Phi) is 2.79. The van der Waals surface area contributed by atoms with E-state index >= 15 is 0 Å². The van der Waals surface area contributed by atoms with Crippen molar-refractivity contribution in [3.63, 3.8) is 0 Å². The van der Waals surface area contributed by atoms with Crippen LogP contribution in [0.25, 0.3) is 53.2 Å². The molecule has 0 saturated heterocycles. The Balaban J connectivity index is 1.61.